The summed E-state index contributed by atoms with van der Waals surface area (Å²) in [6.45, 7) is -0.770. The normalized spacial score (nSPS) is 13.2. The molecule has 0 rings (SSSR count). The van der Waals surface area contributed by atoms with E-state index >= 15 is 0 Å². The van der Waals surface area contributed by atoms with Gasteiger partial charge in [-0.15, -0.1) is 0 Å². The maximum Gasteiger partial charge on any atom is 0.406 e. The number of carboxylic acid groups (broad SMARTS) is 1. The lowest BCUT2D eigenvalue weighted by Gasteiger charge is -2.23. The summed E-state index contributed by atoms with van der Waals surface area (Å²) >= 11 is 0. The Labute approximate surface area is 96.4 Å². The Hall–Kier alpha value is -1.31. The topological polar surface area (TPSA) is 83.6 Å². The van der Waals surface area contributed by atoms with Crippen LogP contribution in [-0.2, 0) is 9.59 Å². The van der Waals surface area contributed by atoms with Crippen LogP contribution < -0.4 is 5.73 Å². The van der Waals surface area contributed by atoms with Crippen molar-refractivity contribution in [3.8, 4) is 0 Å². The zero-order valence-electron chi connectivity index (χ0n) is 9.33. The van der Waals surface area contributed by atoms with Gasteiger partial charge in [0.25, 0.3) is 0 Å². The van der Waals surface area contributed by atoms with Gasteiger partial charge in [0.2, 0.25) is 5.91 Å². The van der Waals surface area contributed by atoms with Crippen LogP contribution in [0.4, 0.5) is 13.2 Å². The largest absolute Gasteiger partial charge is 0.480 e. The molecule has 8 heteroatoms. The van der Waals surface area contributed by atoms with E-state index in [1.807, 2.05) is 0 Å². The van der Waals surface area contributed by atoms with Gasteiger partial charge in [-0.1, -0.05) is 6.92 Å². The van der Waals surface area contributed by atoms with Crippen LogP contribution in [0, 0.1) is 5.92 Å². The molecule has 0 aliphatic rings. The molecule has 17 heavy (non-hydrogen) atoms. The summed E-state index contributed by atoms with van der Waals surface area (Å²) < 4.78 is 36.4. The Morgan fingerprint density at radius 1 is 1.41 bits per heavy atom. The lowest BCUT2D eigenvalue weighted by molar-refractivity contribution is -0.166. The molecule has 5 nitrogen and oxygen atoms in total. The van der Waals surface area contributed by atoms with Crippen LogP contribution in [0.15, 0.2) is 0 Å². The molecule has 0 saturated heterocycles. The van der Waals surface area contributed by atoms with Gasteiger partial charge in [0.1, 0.15) is 13.1 Å². The first-order valence-electron chi connectivity index (χ1n) is 4.92. The maximum atomic E-state index is 12.1. The highest BCUT2D eigenvalue weighted by molar-refractivity contribution is 5.81. The SMILES string of the molecule is CC(CN)CC(=O)N(CC(=O)O)CC(F)(F)F. The molecule has 0 aromatic heterocycles. The number of hydrogen-bond acceptors (Lipinski definition) is 3. The van der Waals surface area contributed by atoms with Gasteiger partial charge in [0.05, 0.1) is 0 Å². The first kappa shape index (κ1) is 15.7. The zero-order valence-corrected chi connectivity index (χ0v) is 9.33. The van der Waals surface area contributed by atoms with E-state index in [0.29, 0.717) is 0 Å². The van der Waals surface area contributed by atoms with Gasteiger partial charge in [-0.3, -0.25) is 9.59 Å². The number of rotatable bonds is 6. The molecule has 100 valence electrons. The van der Waals surface area contributed by atoms with Crippen molar-refractivity contribution in [3.05, 3.63) is 0 Å². The van der Waals surface area contributed by atoms with Crippen LogP contribution >= 0.6 is 0 Å². The number of halogens is 3. The number of carboxylic acids is 1. The smallest absolute Gasteiger partial charge is 0.406 e. The van der Waals surface area contributed by atoms with E-state index < -0.39 is 31.1 Å². The van der Waals surface area contributed by atoms with Crippen molar-refractivity contribution >= 4 is 11.9 Å². The van der Waals surface area contributed by atoms with E-state index in [0.717, 1.165) is 0 Å². The highest BCUT2D eigenvalue weighted by atomic mass is 19.4. The average molecular weight is 256 g/mol. The van der Waals surface area contributed by atoms with E-state index in [1.165, 1.54) is 0 Å². The summed E-state index contributed by atoms with van der Waals surface area (Å²) in [5.74, 6) is -2.63. The van der Waals surface area contributed by atoms with Crippen LogP contribution in [0.3, 0.4) is 0 Å². The number of aliphatic carboxylic acids is 1. The summed E-state index contributed by atoms with van der Waals surface area (Å²) in [4.78, 5) is 22.1. The van der Waals surface area contributed by atoms with Crippen LogP contribution in [0.25, 0.3) is 0 Å². The predicted octanol–water partition coefficient (Wildman–Crippen LogP) is 0.447. The van der Waals surface area contributed by atoms with Gasteiger partial charge < -0.3 is 15.7 Å². The van der Waals surface area contributed by atoms with E-state index in [9.17, 15) is 22.8 Å². The van der Waals surface area contributed by atoms with Gasteiger partial charge in [-0.25, -0.2) is 0 Å². The van der Waals surface area contributed by atoms with Crippen molar-refractivity contribution in [1.82, 2.24) is 4.90 Å². The van der Waals surface area contributed by atoms with Gasteiger partial charge >= 0.3 is 12.1 Å². The summed E-state index contributed by atoms with van der Waals surface area (Å²) in [6, 6.07) is 0. The number of carbonyl (C=O) groups is 2. The van der Waals surface area contributed by atoms with Gasteiger partial charge in [-0.05, 0) is 12.5 Å². The standard InChI is InChI=1S/C9H15F3N2O3/c1-6(3-13)2-7(15)14(4-8(16)17)5-9(10,11)12/h6H,2-5,13H2,1H3,(H,16,17). The molecule has 1 amide bonds. The molecule has 0 aromatic carbocycles. The fourth-order valence-corrected chi connectivity index (χ4v) is 1.12. The summed E-state index contributed by atoms with van der Waals surface area (Å²) in [6.07, 6.45) is -4.81. The minimum atomic E-state index is -4.61. The third-order valence-electron chi connectivity index (χ3n) is 1.97. The first-order chi connectivity index (χ1) is 7.65. The zero-order chi connectivity index (χ0) is 13.6. The third kappa shape index (κ3) is 7.56. The lowest BCUT2D eigenvalue weighted by Crippen LogP contribution is -2.42. The molecule has 1 atom stereocenters. The van der Waals surface area contributed by atoms with Crippen molar-refractivity contribution in [2.24, 2.45) is 11.7 Å². The summed E-state index contributed by atoms with van der Waals surface area (Å²) in [5, 5.41) is 8.44. The van der Waals surface area contributed by atoms with Crippen LogP contribution in [0.5, 0.6) is 0 Å². The molecular weight excluding hydrogens is 241 g/mol. The van der Waals surface area contributed by atoms with E-state index in [-0.39, 0.29) is 23.8 Å². The molecule has 0 radical (unpaired) electrons. The second-order valence-electron chi connectivity index (χ2n) is 3.80. The minimum absolute atomic E-state index is 0.151. The Morgan fingerprint density at radius 3 is 2.29 bits per heavy atom. The molecule has 0 heterocycles. The summed E-state index contributed by atoms with van der Waals surface area (Å²) in [7, 11) is 0. The highest BCUT2D eigenvalue weighted by Gasteiger charge is 2.34. The number of amides is 1. The second-order valence-corrected chi connectivity index (χ2v) is 3.80. The fraction of sp³-hybridized carbons (Fsp3) is 0.778. The third-order valence-corrected chi connectivity index (χ3v) is 1.97. The molecule has 0 saturated carbocycles. The number of hydrogen-bond donors (Lipinski definition) is 2. The molecular formula is C9H15F3N2O3. The molecule has 0 aliphatic heterocycles. The van der Waals surface area contributed by atoms with E-state index in [4.69, 9.17) is 10.8 Å². The van der Waals surface area contributed by atoms with Gasteiger partial charge in [0.15, 0.2) is 0 Å². The van der Waals surface area contributed by atoms with Crippen molar-refractivity contribution in [2.45, 2.75) is 19.5 Å². The average Bonchev–Trinajstić information content (AvgIpc) is 2.13. The minimum Gasteiger partial charge on any atom is -0.480 e. The second kappa shape index (κ2) is 6.43. The van der Waals surface area contributed by atoms with Gasteiger partial charge in [0, 0.05) is 6.42 Å². The Morgan fingerprint density at radius 2 is 1.94 bits per heavy atom. The fourth-order valence-electron chi connectivity index (χ4n) is 1.12. The maximum absolute atomic E-state index is 12.1. The van der Waals surface area contributed by atoms with Crippen molar-refractivity contribution in [1.29, 1.82) is 0 Å². The molecule has 1 unspecified atom stereocenters. The number of carbonyl (C=O) groups excluding carboxylic acids is 1. The molecule has 3 N–H and O–H groups in total. The van der Waals surface area contributed by atoms with E-state index in [1.54, 1.807) is 6.92 Å². The van der Waals surface area contributed by atoms with Crippen LogP contribution in [-0.4, -0.2) is 47.7 Å². The Kier molecular flexibility index (Phi) is 5.94. The van der Waals surface area contributed by atoms with Crippen LogP contribution in [0.1, 0.15) is 13.3 Å². The lowest BCUT2D eigenvalue weighted by atomic mass is 10.1. The quantitative estimate of drug-likeness (QED) is 0.722. The van der Waals surface area contributed by atoms with E-state index in [2.05, 4.69) is 0 Å². The first-order valence-corrected chi connectivity index (χ1v) is 4.92. The number of nitrogens with two attached hydrogens (primary N) is 1. The Balaban J connectivity index is 4.56. The monoisotopic (exact) mass is 256 g/mol. The molecule has 0 aromatic rings. The Bertz CT molecular complexity index is 281. The number of alkyl halides is 3. The van der Waals surface area contributed by atoms with Crippen LogP contribution in [0.2, 0.25) is 0 Å². The highest BCUT2D eigenvalue weighted by Crippen LogP contribution is 2.17. The molecule has 0 spiro atoms. The molecule has 0 fully saturated rings. The van der Waals surface area contributed by atoms with Gasteiger partial charge in [-0.2, -0.15) is 13.2 Å². The summed E-state index contributed by atoms with van der Waals surface area (Å²) in [5.41, 5.74) is 5.24. The molecule has 0 bridgehead atoms. The van der Waals surface area contributed by atoms with Crippen molar-refractivity contribution in [3.63, 3.8) is 0 Å². The van der Waals surface area contributed by atoms with Crippen molar-refractivity contribution in [2.75, 3.05) is 19.6 Å². The number of nitrogens with zero attached hydrogens (tertiary/aromatic N) is 1. The molecule has 0 aliphatic carbocycles. The van der Waals surface area contributed by atoms with Crippen molar-refractivity contribution < 1.29 is 27.9 Å². The predicted molar refractivity (Wildman–Crippen MR) is 53.1 cm³/mol.